The summed E-state index contributed by atoms with van der Waals surface area (Å²) in [5.74, 6) is 0.622. The van der Waals surface area contributed by atoms with Crippen molar-refractivity contribution in [3.63, 3.8) is 0 Å². The van der Waals surface area contributed by atoms with Crippen molar-refractivity contribution in [3.8, 4) is 0 Å². The number of carbonyl (C=O) groups is 1. The van der Waals surface area contributed by atoms with Gasteiger partial charge in [-0.3, -0.25) is 4.79 Å². The van der Waals surface area contributed by atoms with Crippen molar-refractivity contribution in [2.24, 2.45) is 0 Å². The van der Waals surface area contributed by atoms with Crippen LogP contribution in [0.1, 0.15) is 29.9 Å². The first-order valence-electron chi connectivity index (χ1n) is 8.89. The maximum Gasteiger partial charge on any atom is 0.274 e. The molecule has 0 saturated carbocycles. The van der Waals surface area contributed by atoms with E-state index >= 15 is 0 Å². The van der Waals surface area contributed by atoms with E-state index in [1.807, 2.05) is 24.3 Å². The van der Waals surface area contributed by atoms with Crippen molar-refractivity contribution in [1.82, 2.24) is 14.9 Å². The molecular weight excluding hydrogens is 314 g/mol. The number of nitrogens with zero attached hydrogens (tertiary/aromatic N) is 4. The molecule has 1 aliphatic rings. The Morgan fingerprint density at radius 3 is 2.60 bits per heavy atom. The Labute approximate surface area is 148 Å². The quantitative estimate of drug-likeness (QED) is 0.906. The molecule has 1 N–H and O–H groups in total. The van der Waals surface area contributed by atoms with Crippen LogP contribution in [0.5, 0.6) is 0 Å². The SMILES string of the molecule is CCc1ccccc1NC(=O)c1cc(N2CCN(CC)CC2)ncn1. The van der Waals surface area contributed by atoms with Gasteiger partial charge in [0.15, 0.2) is 0 Å². The predicted octanol–water partition coefficient (Wildman–Crippen LogP) is 2.43. The van der Waals surface area contributed by atoms with Crippen LogP contribution in [0.2, 0.25) is 0 Å². The molecular formula is C19H25N5O. The van der Waals surface area contributed by atoms with Crippen molar-refractivity contribution < 1.29 is 4.79 Å². The van der Waals surface area contributed by atoms with Crippen LogP contribution in [0.25, 0.3) is 0 Å². The molecule has 6 nitrogen and oxygen atoms in total. The summed E-state index contributed by atoms with van der Waals surface area (Å²) in [7, 11) is 0. The molecule has 1 amide bonds. The average Bonchev–Trinajstić information content (AvgIpc) is 2.68. The molecule has 0 unspecified atom stereocenters. The van der Waals surface area contributed by atoms with E-state index in [2.05, 4.69) is 38.9 Å². The van der Waals surface area contributed by atoms with Crippen molar-refractivity contribution >= 4 is 17.4 Å². The molecule has 0 aliphatic carbocycles. The third kappa shape index (κ3) is 4.14. The van der Waals surface area contributed by atoms with Gasteiger partial charge in [0.1, 0.15) is 17.8 Å². The molecule has 0 bridgehead atoms. The summed E-state index contributed by atoms with van der Waals surface area (Å²) in [6.07, 6.45) is 2.34. The summed E-state index contributed by atoms with van der Waals surface area (Å²) in [5, 5.41) is 2.97. The van der Waals surface area contributed by atoms with E-state index in [-0.39, 0.29) is 5.91 Å². The smallest absolute Gasteiger partial charge is 0.274 e. The zero-order chi connectivity index (χ0) is 17.6. The highest BCUT2D eigenvalue weighted by atomic mass is 16.1. The standard InChI is InChI=1S/C19H25N5O/c1-3-15-7-5-6-8-16(15)22-19(25)17-13-18(21-14-20-17)24-11-9-23(4-2)10-12-24/h5-8,13-14H,3-4,9-12H2,1-2H3,(H,22,25). The highest BCUT2D eigenvalue weighted by molar-refractivity contribution is 6.03. The Morgan fingerprint density at radius 2 is 1.88 bits per heavy atom. The molecule has 0 radical (unpaired) electrons. The van der Waals surface area contributed by atoms with Crippen molar-refractivity contribution in [2.45, 2.75) is 20.3 Å². The Balaban J connectivity index is 1.72. The van der Waals surface area contributed by atoms with Gasteiger partial charge in [0.05, 0.1) is 0 Å². The van der Waals surface area contributed by atoms with E-state index in [4.69, 9.17) is 0 Å². The van der Waals surface area contributed by atoms with E-state index in [1.165, 1.54) is 6.33 Å². The first kappa shape index (κ1) is 17.4. The molecule has 1 aromatic heterocycles. The lowest BCUT2D eigenvalue weighted by Gasteiger charge is -2.34. The molecule has 2 aromatic rings. The number of piperazine rings is 1. The van der Waals surface area contributed by atoms with Gasteiger partial charge < -0.3 is 15.1 Å². The van der Waals surface area contributed by atoms with Crippen LogP contribution in [0.15, 0.2) is 36.7 Å². The number of hydrogen-bond donors (Lipinski definition) is 1. The van der Waals surface area contributed by atoms with Gasteiger partial charge in [-0.25, -0.2) is 9.97 Å². The minimum absolute atomic E-state index is 0.197. The summed E-state index contributed by atoms with van der Waals surface area (Å²) in [6.45, 7) is 9.20. The van der Waals surface area contributed by atoms with Gasteiger partial charge in [-0.1, -0.05) is 32.0 Å². The van der Waals surface area contributed by atoms with Gasteiger partial charge in [0.2, 0.25) is 0 Å². The molecule has 3 rings (SSSR count). The summed E-state index contributed by atoms with van der Waals surface area (Å²) >= 11 is 0. The molecule has 0 atom stereocenters. The number of aryl methyl sites for hydroxylation is 1. The van der Waals surface area contributed by atoms with E-state index in [1.54, 1.807) is 6.07 Å². The molecule has 1 aromatic carbocycles. The second-order valence-electron chi connectivity index (χ2n) is 6.15. The van der Waals surface area contributed by atoms with Gasteiger partial charge in [0, 0.05) is 37.9 Å². The number of aromatic nitrogens is 2. The monoisotopic (exact) mass is 339 g/mol. The Hall–Kier alpha value is -2.47. The second kappa shape index (κ2) is 8.07. The largest absolute Gasteiger partial charge is 0.354 e. The van der Waals surface area contributed by atoms with Crippen molar-refractivity contribution in [1.29, 1.82) is 0 Å². The van der Waals surface area contributed by atoms with Crippen LogP contribution in [0, 0.1) is 0 Å². The van der Waals surface area contributed by atoms with Gasteiger partial charge in [-0.05, 0) is 24.6 Å². The minimum Gasteiger partial charge on any atom is -0.354 e. The summed E-state index contributed by atoms with van der Waals surface area (Å²) in [5.41, 5.74) is 2.35. The van der Waals surface area contributed by atoms with Gasteiger partial charge in [-0.15, -0.1) is 0 Å². The Morgan fingerprint density at radius 1 is 1.12 bits per heavy atom. The number of rotatable bonds is 5. The first-order valence-corrected chi connectivity index (χ1v) is 8.89. The fraction of sp³-hybridized carbons (Fsp3) is 0.421. The number of para-hydroxylation sites is 1. The number of anilines is 2. The highest BCUT2D eigenvalue weighted by Gasteiger charge is 2.18. The molecule has 25 heavy (non-hydrogen) atoms. The zero-order valence-corrected chi connectivity index (χ0v) is 14.9. The summed E-state index contributed by atoms with van der Waals surface area (Å²) < 4.78 is 0. The lowest BCUT2D eigenvalue weighted by Crippen LogP contribution is -2.46. The molecule has 2 heterocycles. The van der Waals surface area contributed by atoms with E-state index < -0.39 is 0 Å². The Kier molecular flexibility index (Phi) is 5.60. The average molecular weight is 339 g/mol. The number of likely N-dealkylation sites (N-methyl/N-ethyl adjacent to an activating group) is 1. The fourth-order valence-corrected chi connectivity index (χ4v) is 3.07. The van der Waals surface area contributed by atoms with Crippen LogP contribution in [0.3, 0.4) is 0 Å². The lowest BCUT2D eigenvalue weighted by molar-refractivity contribution is 0.102. The first-order chi connectivity index (χ1) is 12.2. The van der Waals surface area contributed by atoms with E-state index in [9.17, 15) is 4.79 Å². The third-order valence-electron chi connectivity index (χ3n) is 4.68. The number of carbonyl (C=O) groups excluding carboxylic acids is 1. The molecule has 0 spiro atoms. The van der Waals surface area contributed by atoms with E-state index in [0.29, 0.717) is 5.69 Å². The van der Waals surface area contributed by atoms with Crippen LogP contribution in [0.4, 0.5) is 11.5 Å². The normalized spacial score (nSPS) is 15.2. The molecule has 6 heteroatoms. The van der Waals surface area contributed by atoms with E-state index in [0.717, 1.165) is 56.2 Å². The number of hydrogen-bond acceptors (Lipinski definition) is 5. The van der Waals surface area contributed by atoms with Crippen LogP contribution in [-0.2, 0) is 6.42 Å². The summed E-state index contributed by atoms with van der Waals surface area (Å²) in [4.78, 5) is 25.7. The van der Waals surface area contributed by atoms with Gasteiger partial charge >= 0.3 is 0 Å². The Bertz CT molecular complexity index is 725. The summed E-state index contributed by atoms with van der Waals surface area (Å²) in [6, 6.07) is 9.63. The maximum atomic E-state index is 12.6. The van der Waals surface area contributed by atoms with Crippen LogP contribution >= 0.6 is 0 Å². The maximum absolute atomic E-state index is 12.6. The third-order valence-corrected chi connectivity index (χ3v) is 4.68. The second-order valence-corrected chi connectivity index (χ2v) is 6.15. The number of benzene rings is 1. The number of nitrogens with one attached hydrogen (secondary N) is 1. The number of amides is 1. The van der Waals surface area contributed by atoms with Crippen molar-refractivity contribution in [2.75, 3.05) is 42.9 Å². The molecule has 132 valence electrons. The minimum atomic E-state index is -0.197. The highest BCUT2D eigenvalue weighted by Crippen LogP contribution is 2.18. The molecule has 1 fully saturated rings. The zero-order valence-electron chi connectivity index (χ0n) is 14.9. The van der Waals surface area contributed by atoms with Crippen LogP contribution in [-0.4, -0.2) is 53.5 Å². The fourth-order valence-electron chi connectivity index (χ4n) is 3.07. The van der Waals surface area contributed by atoms with Gasteiger partial charge in [-0.2, -0.15) is 0 Å². The van der Waals surface area contributed by atoms with Crippen LogP contribution < -0.4 is 10.2 Å². The lowest BCUT2D eigenvalue weighted by atomic mass is 10.1. The van der Waals surface area contributed by atoms with Gasteiger partial charge in [0.25, 0.3) is 5.91 Å². The molecule has 1 saturated heterocycles. The predicted molar refractivity (Wildman–Crippen MR) is 100 cm³/mol. The molecule has 1 aliphatic heterocycles. The van der Waals surface area contributed by atoms with Crippen molar-refractivity contribution in [3.05, 3.63) is 47.9 Å². The topological polar surface area (TPSA) is 61.4 Å².